The molecule has 0 heterocycles. The third-order valence-corrected chi connectivity index (χ3v) is 4.15. The molecule has 21 heavy (non-hydrogen) atoms. The van der Waals surface area contributed by atoms with Gasteiger partial charge < -0.3 is 0 Å². The number of hydrogen-bond acceptors (Lipinski definition) is 0. The summed E-state index contributed by atoms with van der Waals surface area (Å²) in [6.45, 7) is 0. The third-order valence-electron chi connectivity index (χ3n) is 3.00. The van der Waals surface area contributed by atoms with Gasteiger partial charge in [0.15, 0.2) is 0 Å². The van der Waals surface area contributed by atoms with E-state index in [0.717, 1.165) is 17.7 Å². The van der Waals surface area contributed by atoms with Crippen LogP contribution >= 0.6 is 34.8 Å². The molecule has 0 spiro atoms. The second-order valence-electron chi connectivity index (χ2n) is 4.54. The maximum atomic E-state index is 12.5. The van der Waals surface area contributed by atoms with Gasteiger partial charge in [-0.15, -0.1) is 11.6 Å². The van der Waals surface area contributed by atoms with Crippen molar-refractivity contribution in [2.24, 2.45) is 0 Å². The monoisotopic (exact) mass is 352 g/mol. The molecule has 6 heteroatoms. The van der Waals surface area contributed by atoms with Gasteiger partial charge in [-0.1, -0.05) is 41.4 Å². The molecule has 2 aromatic rings. The average molecular weight is 354 g/mol. The molecule has 0 amide bonds. The van der Waals surface area contributed by atoms with E-state index >= 15 is 0 Å². The van der Waals surface area contributed by atoms with Crippen molar-refractivity contribution in [2.45, 2.75) is 18.0 Å². The van der Waals surface area contributed by atoms with Crippen molar-refractivity contribution in [1.82, 2.24) is 0 Å². The van der Waals surface area contributed by atoms with Crippen LogP contribution in [0, 0.1) is 0 Å². The zero-order chi connectivity index (χ0) is 15.6. The highest BCUT2D eigenvalue weighted by Crippen LogP contribution is 2.32. The van der Waals surface area contributed by atoms with Crippen molar-refractivity contribution in [1.29, 1.82) is 0 Å². The van der Waals surface area contributed by atoms with E-state index in [-0.39, 0.29) is 0 Å². The lowest BCUT2D eigenvalue weighted by molar-refractivity contribution is -0.137. The summed E-state index contributed by atoms with van der Waals surface area (Å²) in [6.07, 6.45) is -3.93. The molecular formula is C15H10Cl3F3. The zero-order valence-electron chi connectivity index (χ0n) is 10.6. The van der Waals surface area contributed by atoms with Gasteiger partial charge in [-0.3, -0.25) is 0 Å². The quantitative estimate of drug-likeness (QED) is 0.550. The highest BCUT2D eigenvalue weighted by atomic mass is 35.5. The van der Waals surface area contributed by atoms with Crippen LogP contribution in [0.25, 0.3) is 0 Å². The Kier molecular flexibility index (Phi) is 5.07. The fraction of sp³-hybridized carbons (Fsp3) is 0.200. The maximum Gasteiger partial charge on any atom is 0.416 e. The topological polar surface area (TPSA) is 0 Å². The predicted molar refractivity (Wildman–Crippen MR) is 80.2 cm³/mol. The Morgan fingerprint density at radius 1 is 0.905 bits per heavy atom. The van der Waals surface area contributed by atoms with Crippen LogP contribution in [0.2, 0.25) is 10.0 Å². The summed E-state index contributed by atoms with van der Waals surface area (Å²) in [5.41, 5.74) is 0.812. The van der Waals surface area contributed by atoms with Crippen LogP contribution in [0.4, 0.5) is 13.2 Å². The lowest BCUT2D eigenvalue weighted by Crippen LogP contribution is -2.05. The summed E-state index contributed by atoms with van der Waals surface area (Å²) in [4.78, 5) is 0. The molecule has 0 saturated heterocycles. The minimum Gasteiger partial charge on any atom is -0.166 e. The fourth-order valence-corrected chi connectivity index (χ4v) is 2.48. The first-order valence-electron chi connectivity index (χ1n) is 6.02. The molecule has 0 aliphatic carbocycles. The van der Waals surface area contributed by atoms with Gasteiger partial charge in [0.25, 0.3) is 0 Å². The molecule has 0 N–H and O–H groups in total. The highest BCUT2D eigenvalue weighted by molar-refractivity contribution is 6.42. The van der Waals surface area contributed by atoms with Gasteiger partial charge >= 0.3 is 6.18 Å². The largest absolute Gasteiger partial charge is 0.416 e. The molecule has 0 aliphatic rings. The van der Waals surface area contributed by atoms with Crippen molar-refractivity contribution >= 4 is 34.8 Å². The average Bonchev–Trinajstić information content (AvgIpc) is 2.41. The number of benzene rings is 2. The van der Waals surface area contributed by atoms with Crippen molar-refractivity contribution in [3.63, 3.8) is 0 Å². The first-order valence-corrected chi connectivity index (χ1v) is 7.22. The zero-order valence-corrected chi connectivity index (χ0v) is 12.9. The Bertz CT molecular complexity index is 621. The Morgan fingerprint density at radius 2 is 1.52 bits per heavy atom. The Balaban J connectivity index is 2.12. The molecule has 0 radical (unpaired) electrons. The van der Waals surface area contributed by atoms with Gasteiger partial charge in [0.1, 0.15) is 0 Å². The van der Waals surface area contributed by atoms with Crippen molar-refractivity contribution in [3.8, 4) is 0 Å². The summed E-state index contributed by atoms with van der Waals surface area (Å²) in [5, 5.41) is 0.433. The fourth-order valence-electron chi connectivity index (χ4n) is 1.86. The lowest BCUT2D eigenvalue weighted by atomic mass is 10.0. The van der Waals surface area contributed by atoms with Gasteiger partial charge in [0, 0.05) is 0 Å². The minimum absolute atomic E-state index is 0.392. The van der Waals surface area contributed by atoms with Crippen LogP contribution in [0.1, 0.15) is 22.1 Å². The first-order chi connectivity index (χ1) is 9.77. The summed E-state index contributed by atoms with van der Waals surface area (Å²) in [7, 11) is 0. The van der Waals surface area contributed by atoms with Crippen LogP contribution in [0.3, 0.4) is 0 Å². The highest BCUT2D eigenvalue weighted by Gasteiger charge is 2.29. The van der Waals surface area contributed by atoms with Gasteiger partial charge in [-0.05, 0) is 41.8 Å². The Morgan fingerprint density at radius 3 is 2.05 bits per heavy atom. The normalized spacial score (nSPS) is 13.2. The smallest absolute Gasteiger partial charge is 0.166 e. The van der Waals surface area contributed by atoms with E-state index in [4.69, 9.17) is 34.8 Å². The predicted octanol–water partition coefficient (Wildman–Crippen LogP) is 6.53. The number of halogens is 6. The van der Waals surface area contributed by atoms with Gasteiger partial charge in [0.05, 0.1) is 21.0 Å². The Hall–Kier alpha value is -0.900. The minimum atomic E-state index is -4.33. The molecule has 0 nitrogen and oxygen atoms in total. The van der Waals surface area contributed by atoms with Gasteiger partial charge in [-0.2, -0.15) is 13.2 Å². The molecule has 2 aromatic carbocycles. The van der Waals surface area contributed by atoms with Crippen LogP contribution in [0.15, 0.2) is 42.5 Å². The van der Waals surface area contributed by atoms with Crippen LogP contribution < -0.4 is 0 Å². The molecular weight excluding hydrogens is 344 g/mol. The van der Waals surface area contributed by atoms with Crippen LogP contribution in [-0.2, 0) is 12.6 Å². The number of alkyl halides is 4. The lowest BCUT2D eigenvalue weighted by Gasteiger charge is -2.12. The summed E-state index contributed by atoms with van der Waals surface area (Å²) >= 11 is 18.0. The summed E-state index contributed by atoms with van der Waals surface area (Å²) in [6, 6.07) is 10.00. The SMILES string of the molecule is FC(F)(F)c1ccc(CC(Cl)c2ccc(Cl)c(Cl)c2)cc1. The Labute approximate surface area is 135 Å². The number of rotatable bonds is 3. The van der Waals surface area contributed by atoms with E-state index < -0.39 is 17.1 Å². The molecule has 0 aliphatic heterocycles. The second kappa shape index (κ2) is 6.47. The van der Waals surface area contributed by atoms with Crippen LogP contribution in [-0.4, -0.2) is 0 Å². The molecule has 0 bridgehead atoms. The van der Waals surface area contributed by atoms with Crippen molar-refractivity contribution < 1.29 is 13.2 Å². The maximum absolute atomic E-state index is 12.5. The van der Waals surface area contributed by atoms with E-state index in [0.29, 0.717) is 22.0 Å². The van der Waals surface area contributed by atoms with Crippen molar-refractivity contribution in [3.05, 3.63) is 69.2 Å². The van der Waals surface area contributed by atoms with E-state index in [1.165, 1.54) is 12.1 Å². The molecule has 0 aromatic heterocycles. The van der Waals surface area contributed by atoms with E-state index in [1.807, 2.05) is 0 Å². The van der Waals surface area contributed by atoms with E-state index in [1.54, 1.807) is 18.2 Å². The van der Waals surface area contributed by atoms with Crippen LogP contribution in [0.5, 0.6) is 0 Å². The van der Waals surface area contributed by atoms with Gasteiger partial charge in [0.2, 0.25) is 0 Å². The van der Waals surface area contributed by atoms with E-state index in [2.05, 4.69) is 0 Å². The standard InChI is InChI=1S/C15H10Cl3F3/c16-12-6-3-10(8-14(12)18)13(17)7-9-1-4-11(5-2-9)15(19,20)21/h1-6,8,13H,7H2. The molecule has 1 unspecified atom stereocenters. The third kappa shape index (κ3) is 4.29. The van der Waals surface area contributed by atoms with Crippen molar-refractivity contribution in [2.75, 3.05) is 0 Å². The van der Waals surface area contributed by atoms with E-state index in [9.17, 15) is 13.2 Å². The first kappa shape index (κ1) is 16.5. The molecule has 2 rings (SSSR count). The molecule has 0 fully saturated rings. The van der Waals surface area contributed by atoms with Gasteiger partial charge in [-0.25, -0.2) is 0 Å². The summed E-state index contributed by atoms with van der Waals surface area (Å²) in [5.74, 6) is 0. The second-order valence-corrected chi connectivity index (χ2v) is 5.88. The summed E-state index contributed by atoms with van der Waals surface area (Å²) < 4.78 is 37.4. The molecule has 1 atom stereocenters. The number of hydrogen-bond donors (Lipinski definition) is 0. The molecule has 0 saturated carbocycles. The molecule has 112 valence electrons.